The highest BCUT2D eigenvalue weighted by Crippen LogP contribution is 2.35. The predicted octanol–water partition coefficient (Wildman–Crippen LogP) is 4.36. The smallest absolute Gasteiger partial charge is 0.227 e. The van der Waals surface area contributed by atoms with Crippen molar-refractivity contribution in [3.8, 4) is 0 Å². The van der Waals surface area contributed by atoms with E-state index in [1.807, 2.05) is 0 Å². The Hall–Kier alpha value is -1.61. The molecule has 8 heteroatoms. The molecule has 1 aromatic carbocycles. The normalized spacial score (nSPS) is 15.1. The summed E-state index contributed by atoms with van der Waals surface area (Å²) in [5.74, 6) is -0.168. The van der Waals surface area contributed by atoms with Crippen molar-refractivity contribution in [3.63, 3.8) is 0 Å². The maximum atomic E-state index is 12.7. The van der Waals surface area contributed by atoms with Gasteiger partial charge in [-0.25, -0.2) is 4.98 Å². The highest BCUT2D eigenvalue weighted by Gasteiger charge is 2.24. The first-order valence-corrected chi connectivity index (χ1v) is 11.6. The molecule has 6 nitrogen and oxygen atoms in total. The number of aliphatic hydroxyl groups is 1. The molecule has 0 bridgehead atoms. The van der Waals surface area contributed by atoms with E-state index in [2.05, 4.69) is 36.2 Å². The van der Waals surface area contributed by atoms with Crippen LogP contribution in [0, 0.1) is 0 Å². The fraction of sp³-hybridized carbons (Fsp3) is 0.524. The molecular formula is C21H27N2O4S2-. The molecular weight excluding hydrogens is 408 g/mol. The second-order valence-electron chi connectivity index (χ2n) is 8.02. The first-order valence-electron chi connectivity index (χ1n) is 9.71. The molecule has 0 unspecified atom stereocenters. The highest BCUT2D eigenvalue weighted by molar-refractivity contribution is 7.78. The average molecular weight is 436 g/mol. The molecule has 3 rings (SSSR count). The lowest BCUT2D eigenvalue weighted by Gasteiger charge is -2.20. The van der Waals surface area contributed by atoms with Crippen LogP contribution in [0.4, 0.5) is 0 Å². The number of carbonyl (C=O) groups excluding carboxylic acids is 1. The zero-order valence-corrected chi connectivity index (χ0v) is 19.1. The zero-order chi connectivity index (χ0) is 21.3. The predicted molar refractivity (Wildman–Crippen MR) is 113 cm³/mol. The molecule has 0 aliphatic carbocycles. The molecule has 0 saturated heterocycles. The van der Waals surface area contributed by atoms with Crippen LogP contribution in [0.5, 0.6) is 0 Å². The number of thiazole rings is 1. The number of hydrogen-bond donors (Lipinski definition) is 1. The molecule has 1 aromatic heterocycles. The van der Waals surface area contributed by atoms with Crippen LogP contribution in [-0.4, -0.2) is 16.0 Å². The molecule has 1 N–H and O–H groups in total. The number of benzene rings is 1. The van der Waals surface area contributed by atoms with E-state index in [1.54, 1.807) is 13.8 Å². The number of aryl methyl sites for hydroxylation is 1. The quantitative estimate of drug-likeness (QED) is 0.681. The van der Waals surface area contributed by atoms with Crippen LogP contribution < -0.4 is 0 Å². The number of amides is 1. The van der Waals surface area contributed by atoms with E-state index in [1.165, 1.54) is 17.3 Å². The molecule has 0 atom stereocenters. The van der Waals surface area contributed by atoms with E-state index >= 15 is 0 Å². The van der Waals surface area contributed by atoms with Crippen molar-refractivity contribution in [3.05, 3.63) is 45.1 Å². The number of aromatic nitrogens is 1. The van der Waals surface area contributed by atoms with Gasteiger partial charge in [0.1, 0.15) is 10.6 Å². The maximum Gasteiger partial charge on any atom is 0.227 e. The summed E-state index contributed by atoms with van der Waals surface area (Å²) in [5.41, 5.74) is 4.53. The van der Waals surface area contributed by atoms with Gasteiger partial charge in [-0.05, 0) is 58.2 Å². The van der Waals surface area contributed by atoms with Crippen LogP contribution in [0.2, 0.25) is 0 Å². The lowest BCUT2D eigenvalue weighted by atomic mass is 9.84. The van der Waals surface area contributed by atoms with Crippen LogP contribution in [0.15, 0.2) is 20.8 Å². The van der Waals surface area contributed by atoms with E-state index in [0.717, 1.165) is 34.4 Å². The number of carbonyl (C=O) groups is 1. The van der Waals surface area contributed by atoms with Gasteiger partial charge in [-0.15, -0.1) is 21.9 Å². The number of nitrogens with zero attached hydrogens (tertiary/aromatic N) is 2. The number of hydrogen-bond acceptors (Lipinski definition) is 7. The molecule has 0 radical (unpaired) electrons. The monoisotopic (exact) mass is 435 g/mol. The number of ether oxygens (including phenoxy) is 1. The van der Waals surface area contributed by atoms with Crippen molar-refractivity contribution in [2.75, 3.05) is 0 Å². The fourth-order valence-corrected chi connectivity index (χ4v) is 5.41. The molecule has 1 aliphatic rings. The van der Waals surface area contributed by atoms with Gasteiger partial charge in [-0.1, -0.05) is 26.8 Å². The van der Waals surface area contributed by atoms with E-state index < -0.39 is 22.1 Å². The van der Waals surface area contributed by atoms with Crippen molar-refractivity contribution in [1.29, 1.82) is 0 Å². The second-order valence-corrected chi connectivity index (χ2v) is 10.4. The third-order valence-corrected chi connectivity index (χ3v) is 7.53. The Bertz CT molecular complexity index is 1010. The molecule has 0 saturated carbocycles. The van der Waals surface area contributed by atoms with Crippen LogP contribution in [0.1, 0.15) is 73.4 Å². The van der Waals surface area contributed by atoms with Gasteiger partial charge >= 0.3 is 0 Å². The van der Waals surface area contributed by atoms with Gasteiger partial charge < -0.3 is 18.4 Å². The minimum Gasteiger partial charge on any atom is -0.439 e. The molecule has 0 fully saturated rings. The van der Waals surface area contributed by atoms with Gasteiger partial charge in [-0.3, -0.25) is 4.79 Å². The maximum absolute atomic E-state index is 12.7. The van der Waals surface area contributed by atoms with Gasteiger partial charge in [-0.2, -0.15) is 0 Å². The average Bonchev–Trinajstić information content (AvgIpc) is 3.29. The molecule has 2 aromatic rings. The van der Waals surface area contributed by atoms with Crippen LogP contribution in [-0.2, 0) is 56.0 Å². The number of fused-ring (bicyclic) bond motifs is 1. The van der Waals surface area contributed by atoms with Crippen molar-refractivity contribution in [2.45, 2.75) is 76.4 Å². The summed E-state index contributed by atoms with van der Waals surface area (Å²) in [6.07, 6.45) is 2.34. The standard InChI is InChI=1S/C21H27N2O4S2/c1-6-13-7-14-10-27-11-16(14)19(12(2)3)15(13)8-17(24)23-29(26)18-9-22-20(28-18)21(4,5)25/h7,9,12,25H,6,8,10-11H2,1-5H3/q-1. The van der Waals surface area contributed by atoms with Gasteiger partial charge in [0.15, 0.2) is 0 Å². The van der Waals surface area contributed by atoms with Crippen LogP contribution in [0.25, 0.3) is 0 Å². The molecule has 1 aliphatic heterocycles. The SMILES string of the molecule is CCc1cc2c(c(C(C)C)c1CC(=O)N=[S-](=O)c1cnc(C(C)(C)O)s1)COC2. The first kappa shape index (κ1) is 22.1. The topological polar surface area (TPSA) is 88.9 Å². The Kier molecular flexibility index (Phi) is 6.57. The lowest BCUT2D eigenvalue weighted by molar-refractivity contribution is -0.117. The van der Waals surface area contributed by atoms with E-state index in [9.17, 15) is 14.1 Å². The highest BCUT2D eigenvalue weighted by atomic mass is 32.2. The Labute approximate surface area is 177 Å². The van der Waals surface area contributed by atoms with Gasteiger partial charge in [0.05, 0.1) is 19.6 Å². The Balaban J connectivity index is 1.92. The summed E-state index contributed by atoms with van der Waals surface area (Å²) in [5, 5.41) is 10.5. The minimum atomic E-state index is -1.83. The van der Waals surface area contributed by atoms with Crippen LogP contribution >= 0.6 is 11.3 Å². The Morgan fingerprint density at radius 2 is 2.14 bits per heavy atom. The van der Waals surface area contributed by atoms with Crippen molar-refractivity contribution in [2.24, 2.45) is 4.36 Å². The Morgan fingerprint density at radius 1 is 1.41 bits per heavy atom. The molecule has 29 heavy (non-hydrogen) atoms. The van der Waals surface area contributed by atoms with Gasteiger partial charge in [0.2, 0.25) is 5.91 Å². The summed E-state index contributed by atoms with van der Waals surface area (Å²) in [7, 11) is -1.83. The number of rotatable bonds is 6. The molecule has 1 amide bonds. The third kappa shape index (κ3) is 4.77. The molecule has 158 valence electrons. The third-order valence-electron chi connectivity index (χ3n) is 4.93. The zero-order valence-electron chi connectivity index (χ0n) is 17.4. The van der Waals surface area contributed by atoms with Crippen molar-refractivity contribution < 1.29 is 18.8 Å². The van der Waals surface area contributed by atoms with Crippen LogP contribution in [0.3, 0.4) is 0 Å². The van der Waals surface area contributed by atoms with Crippen molar-refractivity contribution >= 4 is 27.8 Å². The minimum absolute atomic E-state index is 0.118. The molecule has 0 spiro atoms. The van der Waals surface area contributed by atoms with E-state index in [4.69, 9.17) is 4.74 Å². The fourth-order valence-electron chi connectivity index (χ4n) is 3.64. The summed E-state index contributed by atoms with van der Waals surface area (Å²) in [6, 6.07) is 2.13. The van der Waals surface area contributed by atoms with Gasteiger partial charge in [0.25, 0.3) is 0 Å². The first-order chi connectivity index (χ1) is 13.6. The van der Waals surface area contributed by atoms with Crippen molar-refractivity contribution in [1.82, 2.24) is 4.98 Å². The Morgan fingerprint density at radius 3 is 2.72 bits per heavy atom. The van der Waals surface area contributed by atoms with E-state index in [-0.39, 0.29) is 12.3 Å². The van der Waals surface area contributed by atoms with Gasteiger partial charge in [0, 0.05) is 6.20 Å². The largest absolute Gasteiger partial charge is 0.439 e. The lowest BCUT2D eigenvalue weighted by Crippen LogP contribution is -2.14. The summed E-state index contributed by atoms with van der Waals surface area (Å²) in [4.78, 5) is 16.8. The summed E-state index contributed by atoms with van der Waals surface area (Å²) >= 11 is 1.10. The van der Waals surface area contributed by atoms with E-state index in [0.29, 0.717) is 22.4 Å². The molecule has 2 heterocycles. The summed E-state index contributed by atoms with van der Waals surface area (Å²) in [6.45, 7) is 10.7. The second kappa shape index (κ2) is 8.63. The summed E-state index contributed by atoms with van der Waals surface area (Å²) < 4.78 is 22.4.